The number of aromatic nitrogens is 1. The molecular weight excluding hydrogens is 318 g/mol. The van der Waals surface area contributed by atoms with Crippen LogP contribution in [0.15, 0.2) is 12.3 Å². The molecule has 22 heavy (non-hydrogen) atoms. The Bertz CT molecular complexity index is 567. The molecule has 2 heterocycles. The zero-order valence-electron chi connectivity index (χ0n) is 13.1. The topological polar surface area (TPSA) is 53.5 Å². The van der Waals surface area contributed by atoms with Gasteiger partial charge in [-0.2, -0.15) is 0 Å². The summed E-state index contributed by atoms with van der Waals surface area (Å²) in [6.07, 6.45) is 5.07. The number of thiazole rings is 1. The largest absolute Gasteiger partial charge is 0.341 e. The molecule has 1 aromatic heterocycles. The molecule has 1 aliphatic heterocycles. The van der Waals surface area contributed by atoms with Crippen molar-refractivity contribution in [1.29, 1.82) is 0 Å². The Labute approximate surface area is 139 Å². The zero-order valence-corrected chi connectivity index (χ0v) is 14.7. The van der Waals surface area contributed by atoms with Crippen molar-refractivity contribution in [3.05, 3.63) is 22.2 Å². The van der Waals surface area contributed by atoms with Gasteiger partial charge in [0, 0.05) is 36.0 Å². The summed E-state index contributed by atoms with van der Waals surface area (Å²) < 4.78 is 0. The molecule has 0 radical (unpaired) electrons. The second kappa shape index (κ2) is 7.78. The highest BCUT2D eigenvalue weighted by Gasteiger charge is 2.35. The van der Waals surface area contributed by atoms with E-state index in [1.807, 2.05) is 20.8 Å². The number of carbonyl (C=O) groups is 2. The monoisotopic (exact) mass is 339 g/mol. The van der Waals surface area contributed by atoms with Gasteiger partial charge in [-0.1, -0.05) is 0 Å². The molecule has 1 fully saturated rings. The van der Waals surface area contributed by atoms with Crippen LogP contribution in [0, 0.1) is 6.92 Å². The maximum atomic E-state index is 12.5. The molecule has 0 saturated carbocycles. The molecular formula is C15H21N3O2S2. The van der Waals surface area contributed by atoms with Crippen LogP contribution >= 0.6 is 23.1 Å². The van der Waals surface area contributed by atoms with Crippen LogP contribution < -0.4 is 0 Å². The van der Waals surface area contributed by atoms with E-state index in [1.165, 1.54) is 0 Å². The first-order valence-electron chi connectivity index (χ1n) is 7.34. The summed E-state index contributed by atoms with van der Waals surface area (Å²) in [5.41, 5.74) is 0. The maximum Gasteiger partial charge on any atom is 0.248 e. The van der Waals surface area contributed by atoms with Crippen LogP contribution in [0.1, 0.15) is 23.7 Å². The van der Waals surface area contributed by atoms with Crippen LogP contribution in [0.3, 0.4) is 0 Å². The number of amides is 2. The minimum absolute atomic E-state index is 0.0467. The second-order valence-electron chi connectivity index (χ2n) is 4.95. The third kappa shape index (κ3) is 3.89. The molecule has 2 amide bonds. The van der Waals surface area contributed by atoms with E-state index in [0.29, 0.717) is 24.7 Å². The van der Waals surface area contributed by atoms with Crippen LogP contribution in [0.2, 0.25) is 0 Å². The molecule has 1 unspecified atom stereocenters. The van der Waals surface area contributed by atoms with Crippen molar-refractivity contribution >= 4 is 41.0 Å². The van der Waals surface area contributed by atoms with Crippen LogP contribution in [-0.4, -0.2) is 57.4 Å². The predicted octanol–water partition coefficient (Wildman–Crippen LogP) is 2.23. The van der Waals surface area contributed by atoms with E-state index in [0.717, 1.165) is 9.88 Å². The fourth-order valence-corrected chi connectivity index (χ4v) is 4.16. The molecule has 1 atom stereocenters. The fourth-order valence-electron chi connectivity index (χ4n) is 2.31. The second-order valence-corrected chi connectivity index (χ2v) is 7.22. The average Bonchev–Trinajstić information content (AvgIpc) is 3.14. The number of hydrogen-bond donors (Lipinski definition) is 0. The molecule has 1 saturated heterocycles. The summed E-state index contributed by atoms with van der Waals surface area (Å²) in [7, 11) is 0. The van der Waals surface area contributed by atoms with Crippen molar-refractivity contribution in [2.24, 2.45) is 0 Å². The highest BCUT2D eigenvalue weighted by molar-refractivity contribution is 7.99. The van der Waals surface area contributed by atoms with E-state index in [9.17, 15) is 9.59 Å². The lowest BCUT2D eigenvalue weighted by Gasteiger charge is -2.27. The Morgan fingerprint density at radius 1 is 1.45 bits per heavy atom. The fraction of sp³-hybridized carbons (Fsp3) is 0.533. The van der Waals surface area contributed by atoms with Crippen molar-refractivity contribution in [2.45, 2.75) is 26.8 Å². The Hall–Kier alpha value is -1.34. The Morgan fingerprint density at radius 3 is 2.77 bits per heavy atom. The summed E-state index contributed by atoms with van der Waals surface area (Å²) in [6.45, 7) is 7.20. The lowest BCUT2D eigenvalue weighted by Crippen LogP contribution is -2.48. The molecule has 2 rings (SSSR count). The number of carbonyl (C=O) groups excluding carboxylic acids is 2. The summed E-state index contributed by atoms with van der Waals surface area (Å²) >= 11 is 3.17. The van der Waals surface area contributed by atoms with Gasteiger partial charge >= 0.3 is 0 Å². The van der Waals surface area contributed by atoms with Crippen molar-refractivity contribution in [3.8, 4) is 0 Å². The molecule has 1 aromatic rings. The summed E-state index contributed by atoms with van der Waals surface area (Å²) in [5, 5.41) is 0.971. The molecule has 0 aromatic carbocycles. The van der Waals surface area contributed by atoms with Gasteiger partial charge in [-0.3, -0.25) is 9.59 Å². The summed E-state index contributed by atoms with van der Waals surface area (Å²) in [4.78, 5) is 33.4. The van der Waals surface area contributed by atoms with Gasteiger partial charge < -0.3 is 9.80 Å². The average molecular weight is 339 g/mol. The number of thioether (sulfide) groups is 1. The maximum absolute atomic E-state index is 12.5. The van der Waals surface area contributed by atoms with Crippen LogP contribution in [0.5, 0.6) is 0 Å². The number of hydrogen-bond acceptors (Lipinski definition) is 5. The standard InChI is InChI=1S/C15H21N3O2S2/c1-4-17(5-2)15(20)13-9-21-10-18(13)14(19)7-6-12-8-16-11(3)22-12/h6-8,13H,4-5,9-10H2,1-3H3/b7-6+. The van der Waals surface area contributed by atoms with Crippen LogP contribution in [0.4, 0.5) is 0 Å². The molecule has 120 valence electrons. The Balaban J connectivity index is 2.04. The first-order chi connectivity index (χ1) is 10.6. The van der Waals surface area contributed by atoms with E-state index in [4.69, 9.17) is 0 Å². The van der Waals surface area contributed by atoms with Gasteiger partial charge in [0.25, 0.3) is 0 Å². The Morgan fingerprint density at radius 2 is 2.18 bits per heavy atom. The lowest BCUT2D eigenvalue weighted by molar-refractivity contribution is -0.140. The summed E-state index contributed by atoms with van der Waals surface area (Å²) in [6, 6.07) is -0.342. The number of likely N-dealkylation sites (N-methyl/N-ethyl adjacent to an activating group) is 1. The van der Waals surface area contributed by atoms with Crippen molar-refractivity contribution in [3.63, 3.8) is 0 Å². The summed E-state index contributed by atoms with van der Waals surface area (Å²) in [5.74, 6) is 1.18. The molecule has 0 aliphatic carbocycles. The quantitative estimate of drug-likeness (QED) is 0.772. The zero-order chi connectivity index (χ0) is 16.1. The van der Waals surface area contributed by atoms with E-state index in [-0.39, 0.29) is 17.9 Å². The highest BCUT2D eigenvalue weighted by atomic mass is 32.2. The van der Waals surface area contributed by atoms with Gasteiger partial charge in [0.15, 0.2) is 0 Å². The normalized spacial score (nSPS) is 18.1. The minimum atomic E-state index is -0.342. The van der Waals surface area contributed by atoms with E-state index < -0.39 is 0 Å². The predicted molar refractivity (Wildman–Crippen MR) is 91.8 cm³/mol. The third-order valence-corrected chi connectivity index (χ3v) is 5.45. The van der Waals surface area contributed by atoms with Crippen molar-refractivity contribution in [1.82, 2.24) is 14.8 Å². The number of aryl methyl sites for hydroxylation is 1. The molecule has 7 heteroatoms. The van der Waals surface area contributed by atoms with E-state index in [2.05, 4.69) is 4.98 Å². The van der Waals surface area contributed by atoms with E-state index in [1.54, 1.807) is 51.2 Å². The molecule has 0 spiro atoms. The Kier molecular flexibility index (Phi) is 6.02. The van der Waals surface area contributed by atoms with Gasteiger partial charge in [0.1, 0.15) is 6.04 Å². The van der Waals surface area contributed by atoms with Gasteiger partial charge in [0.05, 0.1) is 10.9 Å². The number of nitrogens with zero attached hydrogens (tertiary/aromatic N) is 3. The van der Waals surface area contributed by atoms with Crippen LogP contribution in [0.25, 0.3) is 6.08 Å². The van der Waals surface area contributed by atoms with Gasteiger partial charge in [-0.25, -0.2) is 4.98 Å². The highest BCUT2D eigenvalue weighted by Crippen LogP contribution is 2.23. The van der Waals surface area contributed by atoms with E-state index >= 15 is 0 Å². The molecule has 0 N–H and O–H groups in total. The number of rotatable bonds is 5. The van der Waals surface area contributed by atoms with Gasteiger partial charge in [-0.15, -0.1) is 23.1 Å². The SMILES string of the molecule is CCN(CC)C(=O)C1CSCN1C(=O)/C=C/c1cnc(C)s1. The lowest BCUT2D eigenvalue weighted by atomic mass is 10.2. The first-order valence-corrected chi connectivity index (χ1v) is 9.31. The van der Waals surface area contributed by atoms with Crippen molar-refractivity contribution in [2.75, 3.05) is 24.7 Å². The minimum Gasteiger partial charge on any atom is -0.341 e. The smallest absolute Gasteiger partial charge is 0.248 e. The van der Waals surface area contributed by atoms with Gasteiger partial charge in [0.2, 0.25) is 11.8 Å². The van der Waals surface area contributed by atoms with Gasteiger partial charge in [-0.05, 0) is 26.8 Å². The van der Waals surface area contributed by atoms with Crippen LogP contribution in [-0.2, 0) is 9.59 Å². The molecule has 5 nitrogen and oxygen atoms in total. The third-order valence-electron chi connectivity index (χ3n) is 3.55. The first kappa shape index (κ1) is 17.0. The van der Waals surface area contributed by atoms with Crippen molar-refractivity contribution < 1.29 is 9.59 Å². The molecule has 0 bridgehead atoms. The molecule has 1 aliphatic rings.